The molecule has 0 N–H and O–H groups in total. The molecule has 0 radical (unpaired) electrons. The molecule has 1 aliphatic heterocycles. The minimum absolute atomic E-state index is 0.710. The van der Waals surface area contributed by atoms with E-state index in [0.717, 1.165) is 12.4 Å². The van der Waals surface area contributed by atoms with E-state index in [1.54, 1.807) is 0 Å². The maximum atomic E-state index is 5.23. The number of benzene rings is 1. The summed E-state index contributed by atoms with van der Waals surface area (Å²) in [4.78, 5) is 4.15. The molecule has 0 aliphatic carbocycles. The Hall–Kier alpha value is -1.83. The lowest BCUT2D eigenvalue weighted by Gasteiger charge is -1.91. The number of rotatable bonds is 3. The molecule has 2 rings (SSSR count). The van der Waals surface area contributed by atoms with Gasteiger partial charge < -0.3 is 4.74 Å². The van der Waals surface area contributed by atoms with Gasteiger partial charge in [-0.05, 0) is 11.6 Å². The highest BCUT2D eigenvalue weighted by molar-refractivity contribution is 5.88. The summed E-state index contributed by atoms with van der Waals surface area (Å²) in [5, 5.41) is 0. The summed E-state index contributed by atoms with van der Waals surface area (Å²) in [5.74, 6) is 0.729. The molecule has 0 amide bonds. The lowest BCUT2D eigenvalue weighted by Crippen LogP contribution is -1.92. The van der Waals surface area contributed by atoms with E-state index in [-0.39, 0.29) is 0 Å². The fourth-order valence-electron chi connectivity index (χ4n) is 1.32. The van der Waals surface area contributed by atoms with Crippen molar-refractivity contribution in [2.75, 3.05) is 13.2 Å². The van der Waals surface area contributed by atoms with Gasteiger partial charge in [0.25, 0.3) is 0 Å². The van der Waals surface area contributed by atoms with Gasteiger partial charge in [0.2, 0.25) is 5.90 Å². The van der Waals surface area contributed by atoms with Crippen LogP contribution in [0.1, 0.15) is 5.56 Å². The van der Waals surface area contributed by atoms with Crippen molar-refractivity contribution in [3.05, 3.63) is 54.1 Å². The molecule has 0 fully saturated rings. The predicted octanol–water partition coefficient (Wildman–Crippen LogP) is 2.68. The van der Waals surface area contributed by atoms with Crippen molar-refractivity contribution in [2.24, 2.45) is 4.99 Å². The molecule has 2 heteroatoms. The van der Waals surface area contributed by atoms with Gasteiger partial charge in [-0.25, -0.2) is 4.99 Å². The standard InChI is InChI=1S/C13H13NO/c1-2-6-12(7-3-1)8-4-5-9-13-14-10-11-15-13/h1-9H,10-11H2. The average Bonchev–Trinajstić information content (AvgIpc) is 2.79. The van der Waals surface area contributed by atoms with Crippen molar-refractivity contribution in [2.45, 2.75) is 0 Å². The van der Waals surface area contributed by atoms with Gasteiger partial charge in [-0.2, -0.15) is 0 Å². The SMILES string of the molecule is C(C=Cc1ccccc1)=CC1=NCCO1. The molecule has 15 heavy (non-hydrogen) atoms. The molecule has 0 saturated heterocycles. The number of aliphatic imine (C=N–C) groups is 1. The molecule has 0 saturated carbocycles. The van der Waals surface area contributed by atoms with E-state index in [1.807, 2.05) is 42.5 Å². The smallest absolute Gasteiger partial charge is 0.208 e. The van der Waals surface area contributed by atoms with Crippen molar-refractivity contribution in [1.29, 1.82) is 0 Å². The van der Waals surface area contributed by atoms with Crippen molar-refractivity contribution < 1.29 is 4.74 Å². The average molecular weight is 199 g/mol. The first-order valence-corrected chi connectivity index (χ1v) is 5.02. The maximum absolute atomic E-state index is 5.23. The molecule has 76 valence electrons. The molecule has 1 aromatic carbocycles. The number of allylic oxidation sites excluding steroid dienone is 2. The number of ether oxygens (including phenoxy) is 1. The van der Waals surface area contributed by atoms with Gasteiger partial charge in [-0.1, -0.05) is 48.6 Å². The van der Waals surface area contributed by atoms with E-state index in [1.165, 1.54) is 5.56 Å². The monoisotopic (exact) mass is 199 g/mol. The summed E-state index contributed by atoms with van der Waals surface area (Å²) >= 11 is 0. The molecule has 0 spiro atoms. The first kappa shape index (κ1) is 9.71. The zero-order chi connectivity index (χ0) is 10.3. The Kier molecular flexibility index (Phi) is 3.34. The zero-order valence-corrected chi connectivity index (χ0v) is 8.47. The van der Waals surface area contributed by atoms with Gasteiger partial charge in [0, 0.05) is 0 Å². The molecule has 0 unspecified atom stereocenters. The van der Waals surface area contributed by atoms with E-state index in [0.29, 0.717) is 6.61 Å². The summed E-state index contributed by atoms with van der Waals surface area (Å²) in [7, 11) is 0. The fraction of sp³-hybridized carbons (Fsp3) is 0.154. The quantitative estimate of drug-likeness (QED) is 0.686. The third-order valence-electron chi connectivity index (χ3n) is 2.05. The van der Waals surface area contributed by atoms with E-state index >= 15 is 0 Å². The Morgan fingerprint density at radius 2 is 1.87 bits per heavy atom. The Morgan fingerprint density at radius 1 is 1.07 bits per heavy atom. The number of hydrogen-bond donors (Lipinski definition) is 0. The lowest BCUT2D eigenvalue weighted by molar-refractivity contribution is 0.350. The number of nitrogens with zero attached hydrogens (tertiary/aromatic N) is 1. The Morgan fingerprint density at radius 3 is 2.60 bits per heavy atom. The zero-order valence-electron chi connectivity index (χ0n) is 8.47. The van der Waals surface area contributed by atoms with Crippen LogP contribution < -0.4 is 0 Å². The molecule has 2 nitrogen and oxygen atoms in total. The molecule has 1 aliphatic rings. The fourth-order valence-corrected chi connectivity index (χ4v) is 1.32. The second kappa shape index (κ2) is 5.15. The third kappa shape index (κ3) is 3.09. The highest BCUT2D eigenvalue weighted by Crippen LogP contribution is 2.01. The van der Waals surface area contributed by atoms with Crippen LogP contribution in [0.15, 0.2) is 53.6 Å². The highest BCUT2D eigenvalue weighted by Gasteiger charge is 2.00. The van der Waals surface area contributed by atoms with Crippen LogP contribution in [0.25, 0.3) is 6.08 Å². The van der Waals surface area contributed by atoms with Gasteiger partial charge >= 0.3 is 0 Å². The van der Waals surface area contributed by atoms with Crippen LogP contribution in [0.5, 0.6) is 0 Å². The summed E-state index contributed by atoms with van der Waals surface area (Å²) in [6, 6.07) is 10.2. The van der Waals surface area contributed by atoms with Crippen LogP contribution >= 0.6 is 0 Å². The first-order chi connectivity index (χ1) is 7.45. The summed E-state index contributed by atoms with van der Waals surface area (Å²) in [6.07, 6.45) is 7.86. The van der Waals surface area contributed by atoms with Crippen molar-refractivity contribution in [3.63, 3.8) is 0 Å². The maximum Gasteiger partial charge on any atom is 0.208 e. The third-order valence-corrected chi connectivity index (χ3v) is 2.05. The molecular weight excluding hydrogens is 186 g/mol. The number of hydrogen-bond acceptors (Lipinski definition) is 2. The van der Waals surface area contributed by atoms with Gasteiger partial charge in [0.1, 0.15) is 6.61 Å². The molecule has 0 bridgehead atoms. The van der Waals surface area contributed by atoms with Crippen molar-refractivity contribution in [1.82, 2.24) is 0 Å². The lowest BCUT2D eigenvalue weighted by atomic mass is 10.2. The predicted molar refractivity (Wildman–Crippen MR) is 62.9 cm³/mol. The summed E-state index contributed by atoms with van der Waals surface area (Å²) < 4.78 is 5.23. The second-order valence-corrected chi connectivity index (χ2v) is 3.20. The topological polar surface area (TPSA) is 21.6 Å². The summed E-state index contributed by atoms with van der Waals surface area (Å²) in [5.41, 5.74) is 1.19. The highest BCUT2D eigenvalue weighted by atomic mass is 16.5. The van der Waals surface area contributed by atoms with Crippen LogP contribution in [-0.4, -0.2) is 19.0 Å². The van der Waals surface area contributed by atoms with Crippen LogP contribution in [0.4, 0.5) is 0 Å². The minimum Gasteiger partial charge on any atom is -0.476 e. The van der Waals surface area contributed by atoms with Gasteiger partial charge in [0.15, 0.2) is 0 Å². The van der Waals surface area contributed by atoms with Crippen LogP contribution in [-0.2, 0) is 4.74 Å². The van der Waals surface area contributed by atoms with E-state index in [4.69, 9.17) is 4.74 Å². The Labute approximate surface area is 89.6 Å². The largest absolute Gasteiger partial charge is 0.476 e. The van der Waals surface area contributed by atoms with Gasteiger partial charge in [-0.15, -0.1) is 0 Å². The van der Waals surface area contributed by atoms with Gasteiger partial charge in [-0.3, -0.25) is 0 Å². The van der Waals surface area contributed by atoms with E-state index < -0.39 is 0 Å². The Balaban J connectivity index is 1.90. The molecular formula is C13H13NO. The normalized spacial score (nSPS) is 15.9. The van der Waals surface area contributed by atoms with Gasteiger partial charge in [0.05, 0.1) is 6.54 Å². The second-order valence-electron chi connectivity index (χ2n) is 3.20. The van der Waals surface area contributed by atoms with Crippen LogP contribution in [0.3, 0.4) is 0 Å². The minimum atomic E-state index is 0.710. The van der Waals surface area contributed by atoms with Crippen LogP contribution in [0, 0.1) is 0 Å². The first-order valence-electron chi connectivity index (χ1n) is 5.02. The van der Waals surface area contributed by atoms with Crippen LogP contribution in [0.2, 0.25) is 0 Å². The molecule has 0 aromatic heterocycles. The van der Waals surface area contributed by atoms with Crippen molar-refractivity contribution in [3.8, 4) is 0 Å². The summed E-state index contributed by atoms with van der Waals surface area (Å²) in [6.45, 7) is 1.49. The molecule has 0 atom stereocenters. The van der Waals surface area contributed by atoms with E-state index in [2.05, 4.69) is 17.1 Å². The Bertz CT molecular complexity index is 390. The van der Waals surface area contributed by atoms with E-state index in [9.17, 15) is 0 Å². The molecule has 1 aromatic rings. The van der Waals surface area contributed by atoms with Crippen molar-refractivity contribution >= 4 is 12.0 Å². The molecule has 1 heterocycles.